The van der Waals surface area contributed by atoms with Crippen LogP contribution in [0.3, 0.4) is 0 Å². The van der Waals surface area contributed by atoms with Crippen molar-refractivity contribution < 1.29 is 0 Å². The van der Waals surface area contributed by atoms with Crippen molar-refractivity contribution in [2.45, 2.75) is 6.42 Å². The van der Waals surface area contributed by atoms with Crippen molar-refractivity contribution in [1.29, 1.82) is 0 Å². The number of hydrogen-bond acceptors (Lipinski definition) is 0. The summed E-state index contributed by atoms with van der Waals surface area (Å²) in [4.78, 5) is 0. The van der Waals surface area contributed by atoms with Crippen LogP contribution < -0.4 is 0 Å². The minimum atomic E-state index is 0.824. The van der Waals surface area contributed by atoms with Gasteiger partial charge in [0.15, 0.2) is 0 Å². The molecule has 0 N–H and O–H groups in total. The van der Waals surface area contributed by atoms with Crippen LogP contribution in [0.5, 0.6) is 0 Å². The van der Waals surface area contributed by atoms with E-state index in [1.165, 1.54) is 16.9 Å². The molecule has 1 aromatic carbocycles. The number of halogens is 1. The highest BCUT2D eigenvalue weighted by Crippen LogP contribution is 2.29. The molecule has 0 bridgehead atoms. The number of aromatic nitrogens is 1. The van der Waals surface area contributed by atoms with E-state index in [4.69, 9.17) is 11.6 Å². The Balaban J connectivity index is 2.29. The van der Waals surface area contributed by atoms with Crippen LogP contribution in [-0.4, -0.2) is 4.57 Å². The molecule has 1 nitrogen and oxygen atoms in total. The van der Waals surface area contributed by atoms with Gasteiger partial charge in [-0.3, -0.25) is 0 Å². The Kier molecular flexibility index (Phi) is 1.33. The van der Waals surface area contributed by atoms with E-state index in [-0.39, 0.29) is 0 Å². The Morgan fingerprint density at radius 3 is 3.08 bits per heavy atom. The minimum Gasteiger partial charge on any atom is -0.320 e. The molecule has 1 aliphatic rings. The van der Waals surface area contributed by atoms with E-state index in [1.54, 1.807) is 0 Å². The van der Waals surface area contributed by atoms with Crippen molar-refractivity contribution in [3.05, 3.63) is 52.8 Å². The van der Waals surface area contributed by atoms with Gasteiger partial charge in [0.05, 0.1) is 0 Å². The fourth-order valence-electron chi connectivity index (χ4n) is 1.92. The Labute approximate surface area is 81.6 Å². The number of benzene rings is 1. The molecule has 2 heteroatoms. The molecule has 0 aliphatic carbocycles. The van der Waals surface area contributed by atoms with Gasteiger partial charge in [-0.25, -0.2) is 0 Å². The summed E-state index contributed by atoms with van der Waals surface area (Å²) in [5, 5.41) is 0.824. The molecule has 0 radical (unpaired) electrons. The fourth-order valence-corrected chi connectivity index (χ4v) is 2.12. The van der Waals surface area contributed by atoms with Crippen LogP contribution in [0.4, 0.5) is 0 Å². The second kappa shape index (κ2) is 2.39. The first-order valence-electron chi connectivity index (χ1n) is 4.29. The topological polar surface area (TPSA) is 4.93 Å². The predicted octanol–water partition coefficient (Wildman–Crippen LogP) is 3.03. The molecule has 0 unspecified atom stereocenters. The zero-order valence-electron chi connectivity index (χ0n) is 7.00. The third kappa shape index (κ3) is 0.939. The molecule has 2 aromatic rings. The van der Waals surface area contributed by atoms with Crippen molar-refractivity contribution in [2.24, 2.45) is 0 Å². The average Bonchev–Trinajstić information content (AvgIpc) is 2.62. The first-order valence-corrected chi connectivity index (χ1v) is 4.67. The van der Waals surface area contributed by atoms with Gasteiger partial charge < -0.3 is 4.57 Å². The van der Waals surface area contributed by atoms with E-state index < -0.39 is 0 Å². The van der Waals surface area contributed by atoms with Gasteiger partial charge in [0.25, 0.3) is 0 Å². The maximum absolute atomic E-state index is 5.92. The Hall–Kier alpha value is -1.21. The van der Waals surface area contributed by atoms with Crippen molar-refractivity contribution in [2.75, 3.05) is 0 Å². The van der Waals surface area contributed by atoms with Crippen molar-refractivity contribution in [1.82, 2.24) is 4.57 Å². The Bertz CT molecular complexity index is 471. The predicted molar refractivity (Wildman–Crippen MR) is 53.6 cm³/mol. The van der Waals surface area contributed by atoms with Gasteiger partial charge in [-0.2, -0.15) is 0 Å². The molecule has 0 saturated heterocycles. The molecule has 0 atom stereocenters. The first kappa shape index (κ1) is 7.22. The summed E-state index contributed by atoms with van der Waals surface area (Å²) in [5.41, 5.74) is 3.93. The smallest absolute Gasteiger partial charge is 0.0489 e. The van der Waals surface area contributed by atoms with Gasteiger partial charge in [0, 0.05) is 29.0 Å². The highest BCUT2D eigenvalue weighted by Gasteiger charge is 2.16. The minimum absolute atomic E-state index is 0.824. The fraction of sp³-hybridized carbons (Fsp3) is 0.0909. The monoisotopic (exact) mass is 189 g/mol. The van der Waals surface area contributed by atoms with Crippen molar-refractivity contribution >= 4 is 11.6 Å². The molecule has 0 saturated carbocycles. The molecule has 0 spiro atoms. The normalized spacial score (nSPS) is 12.7. The molecule has 64 valence electrons. The largest absolute Gasteiger partial charge is 0.320 e. The SMILES string of the molecule is Clc1ccc2c(c1)Cc1cccn1-2. The summed E-state index contributed by atoms with van der Waals surface area (Å²) in [5.74, 6) is 0. The highest BCUT2D eigenvalue weighted by molar-refractivity contribution is 6.30. The lowest BCUT2D eigenvalue weighted by Crippen LogP contribution is -1.87. The summed E-state index contributed by atoms with van der Waals surface area (Å²) in [6, 6.07) is 10.3. The maximum Gasteiger partial charge on any atom is 0.0489 e. The molecule has 2 heterocycles. The zero-order chi connectivity index (χ0) is 8.84. The third-order valence-corrected chi connectivity index (χ3v) is 2.74. The van der Waals surface area contributed by atoms with Crippen molar-refractivity contribution in [3.8, 4) is 5.69 Å². The molecule has 3 rings (SSSR count). The number of rotatable bonds is 0. The molecular weight excluding hydrogens is 182 g/mol. The third-order valence-electron chi connectivity index (χ3n) is 2.51. The summed E-state index contributed by atoms with van der Waals surface area (Å²) in [7, 11) is 0. The van der Waals surface area contributed by atoms with E-state index in [2.05, 4.69) is 29.0 Å². The van der Waals surface area contributed by atoms with E-state index in [0.29, 0.717) is 0 Å². The second-order valence-corrected chi connectivity index (χ2v) is 3.76. The summed E-state index contributed by atoms with van der Waals surface area (Å²) >= 11 is 5.92. The zero-order valence-corrected chi connectivity index (χ0v) is 7.75. The summed E-state index contributed by atoms with van der Waals surface area (Å²) in [6.45, 7) is 0. The van der Waals surface area contributed by atoms with Crippen LogP contribution in [0, 0.1) is 0 Å². The lowest BCUT2D eigenvalue weighted by molar-refractivity contribution is 1.05. The Morgan fingerprint density at radius 1 is 1.23 bits per heavy atom. The lowest BCUT2D eigenvalue weighted by Gasteiger charge is -2.01. The number of nitrogens with zero attached hydrogens (tertiary/aromatic N) is 1. The average molecular weight is 190 g/mol. The van der Waals surface area contributed by atoms with E-state index in [0.717, 1.165) is 11.4 Å². The van der Waals surface area contributed by atoms with Crippen LogP contribution in [0.15, 0.2) is 36.5 Å². The van der Waals surface area contributed by atoms with Crippen molar-refractivity contribution in [3.63, 3.8) is 0 Å². The van der Waals surface area contributed by atoms with Gasteiger partial charge >= 0.3 is 0 Å². The standard InChI is InChI=1S/C11H8ClN/c12-9-3-4-11-8(6-9)7-10-2-1-5-13(10)11/h1-6H,7H2. The van der Waals surface area contributed by atoms with Crippen LogP contribution in [-0.2, 0) is 6.42 Å². The number of hydrogen-bond donors (Lipinski definition) is 0. The summed E-state index contributed by atoms with van der Waals surface area (Å²) in [6.07, 6.45) is 3.10. The van der Waals surface area contributed by atoms with Crippen LogP contribution in [0.1, 0.15) is 11.3 Å². The quantitative estimate of drug-likeness (QED) is 0.512. The van der Waals surface area contributed by atoms with E-state index in [9.17, 15) is 0 Å². The lowest BCUT2D eigenvalue weighted by atomic mass is 10.1. The highest BCUT2D eigenvalue weighted by atomic mass is 35.5. The molecular formula is C11H8ClN. The van der Waals surface area contributed by atoms with Gasteiger partial charge in [-0.1, -0.05) is 11.6 Å². The first-order chi connectivity index (χ1) is 6.34. The second-order valence-electron chi connectivity index (χ2n) is 3.32. The molecule has 13 heavy (non-hydrogen) atoms. The molecule has 1 aromatic heterocycles. The molecule has 0 fully saturated rings. The van der Waals surface area contributed by atoms with Gasteiger partial charge in [0.1, 0.15) is 0 Å². The van der Waals surface area contributed by atoms with Crippen LogP contribution in [0.2, 0.25) is 5.02 Å². The Morgan fingerprint density at radius 2 is 2.15 bits per heavy atom. The van der Waals surface area contributed by atoms with Gasteiger partial charge in [0.2, 0.25) is 0 Å². The molecule has 1 aliphatic heterocycles. The van der Waals surface area contributed by atoms with Gasteiger partial charge in [-0.05, 0) is 35.9 Å². The number of fused-ring (bicyclic) bond motifs is 3. The van der Waals surface area contributed by atoms with E-state index in [1.807, 2.05) is 12.1 Å². The van der Waals surface area contributed by atoms with Crippen LogP contribution >= 0.6 is 11.6 Å². The van der Waals surface area contributed by atoms with Crippen LogP contribution in [0.25, 0.3) is 5.69 Å². The maximum atomic E-state index is 5.92. The summed E-state index contributed by atoms with van der Waals surface area (Å²) < 4.78 is 2.21. The molecule has 0 amide bonds. The van der Waals surface area contributed by atoms with Gasteiger partial charge in [-0.15, -0.1) is 0 Å². The van der Waals surface area contributed by atoms with E-state index >= 15 is 0 Å².